The van der Waals surface area contributed by atoms with Gasteiger partial charge in [0.2, 0.25) is 11.8 Å². The fraction of sp³-hybridized carbons (Fsp3) is 0.161. The molecule has 0 saturated carbocycles. The molecule has 0 saturated heterocycles. The Morgan fingerprint density at radius 3 is 2.45 bits per heavy atom. The number of hydrogen-bond acceptors (Lipinski definition) is 6. The fourth-order valence-corrected chi connectivity index (χ4v) is 4.63. The van der Waals surface area contributed by atoms with E-state index in [1.807, 2.05) is 48.5 Å². The quantitative estimate of drug-likeness (QED) is 0.216. The van der Waals surface area contributed by atoms with Crippen LogP contribution in [-0.2, 0) is 9.53 Å². The second kappa shape index (κ2) is 10.9. The number of amides is 1. The van der Waals surface area contributed by atoms with Crippen LogP contribution in [0.15, 0.2) is 84.0 Å². The second-order valence-electron chi connectivity index (χ2n) is 9.54. The highest BCUT2D eigenvalue weighted by Gasteiger charge is 2.20. The third-order valence-corrected chi connectivity index (χ3v) is 6.72. The van der Waals surface area contributed by atoms with Crippen molar-refractivity contribution in [2.24, 2.45) is 4.99 Å². The number of carbonyl (C=O) groups excluding carboxylic acids is 3. The van der Waals surface area contributed by atoms with Crippen molar-refractivity contribution in [3.63, 3.8) is 0 Å². The lowest BCUT2D eigenvalue weighted by Gasteiger charge is -2.10. The van der Waals surface area contributed by atoms with Gasteiger partial charge in [-0.15, -0.1) is 0 Å². The smallest absolute Gasteiger partial charge is 0.337 e. The minimum atomic E-state index is -0.475. The SMILES string of the molecule is COC(=O)c1ccc2c(C(=Nc3ccc4c(ccn4C(=O)CCC(=O)N(C)C)c3)c3ccccc3)c(O)[nH]c2c1. The maximum Gasteiger partial charge on any atom is 0.337 e. The molecule has 0 radical (unpaired) electrons. The van der Waals surface area contributed by atoms with Crippen LogP contribution in [0.4, 0.5) is 5.69 Å². The fourth-order valence-electron chi connectivity index (χ4n) is 4.63. The minimum Gasteiger partial charge on any atom is -0.494 e. The molecule has 0 bridgehead atoms. The van der Waals surface area contributed by atoms with E-state index in [0.29, 0.717) is 38.9 Å². The molecule has 2 aromatic heterocycles. The second-order valence-corrected chi connectivity index (χ2v) is 9.54. The van der Waals surface area contributed by atoms with Crippen molar-refractivity contribution in [2.45, 2.75) is 12.8 Å². The summed E-state index contributed by atoms with van der Waals surface area (Å²) in [6.07, 6.45) is 1.95. The molecule has 9 nitrogen and oxygen atoms in total. The lowest BCUT2D eigenvalue weighted by molar-refractivity contribution is -0.128. The summed E-state index contributed by atoms with van der Waals surface area (Å²) in [7, 11) is 4.65. The molecule has 0 fully saturated rings. The molecule has 5 rings (SSSR count). The average molecular weight is 537 g/mol. The minimum absolute atomic E-state index is 0.0790. The van der Waals surface area contributed by atoms with Gasteiger partial charge in [-0.25, -0.2) is 9.79 Å². The molecule has 2 N–H and O–H groups in total. The van der Waals surface area contributed by atoms with E-state index in [4.69, 9.17) is 9.73 Å². The number of fused-ring (bicyclic) bond motifs is 2. The third kappa shape index (κ3) is 5.09. The summed E-state index contributed by atoms with van der Waals surface area (Å²) in [4.78, 5) is 46.1. The summed E-state index contributed by atoms with van der Waals surface area (Å²) >= 11 is 0. The van der Waals surface area contributed by atoms with Crippen molar-refractivity contribution in [3.8, 4) is 5.88 Å². The van der Waals surface area contributed by atoms with Crippen LogP contribution in [0.5, 0.6) is 5.88 Å². The number of carbonyl (C=O) groups is 3. The number of nitrogens with zero attached hydrogens (tertiary/aromatic N) is 3. The predicted molar refractivity (Wildman–Crippen MR) is 154 cm³/mol. The van der Waals surface area contributed by atoms with E-state index in [1.165, 1.54) is 12.0 Å². The van der Waals surface area contributed by atoms with E-state index in [9.17, 15) is 19.5 Å². The van der Waals surface area contributed by atoms with Crippen LogP contribution in [0.1, 0.15) is 39.1 Å². The molecule has 1 amide bonds. The van der Waals surface area contributed by atoms with Gasteiger partial charge in [-0.2, -0.15) is 0 Å². The number of ether oxygens (including phenoxy) is 1. The molecule has 202 valence electrons. The lowest BCUT2D eigenvalue weighted by atomic mass is 10.00. The van der Waals surface area contributed by atoms with Crippen molar-refractivity contribution in [3.05, 3.63) is 95.7 Å². The number of aliphatic imine (C=N–C) groups is 1. The molecule has 9 heteroatoms. The predicted octanol–water partition coefficient (Wildman–Crippen LogP) is 5.29. The molecule has 0 unspecified atom stereocenters. The monoisotopic (exact) mass is 536 g/mol. The normalized spacial score (nSPS) is 11.6. The van der Waals surface area contributed by atoms with E-state index in [0.717, 1.165) is 10.9 Å². The zero-order valence-corrected chi connectivity index (χ0v) is 22.3. The largest absolute Gasteiger partial charge is 0.494 e. The summed E-state index contributed by atoms with van der Waals surface area (Å²) < 4.78 is 6.37. The summed E-state index contributed by atoms with van der Waals surface area (Å²) in [5.41, 5.74) is 4.08. The highest BCUT2D eigenvalue weighted by Crippen LogP contribution is 2.33. The molecule has 0 spiro atoms. The van der Waals surface area contributed by atoms with Crippen LogP contribution < -0.4 is 0 Å². The number of hydrogen-bond donors (Lipinski definition) is 2. The van der Waals surface area contributed by atoms with Gasteiger partial charge in [0.05, 0.1) is 35.2 Å². The average Bonchev–Trinajstić information content (AvgIpc) is 3.53. The summed E-state index contributed by atoms with van der Waals surface area (Å²) in [5, 5.41) is 12.5. The Labute approximate surface area is 230 Å². The number of rotatable bonds is 7. The molecule has 0 aliphatic carbocycles. The van der Waals surface area contributed by atoms with Crippen molar-refractivity contribution >= 4 is 51.0 Å². The van der Waals surface area contributed by atoms with Crippen molar-refractivity contribution in [2.75, 3.05) is 21.2 Å². The number of aromatic nitrogens is 2. The number of H-pyrrole nitrogens is 1. The highest BCUT2D eigenvalue weighted by molar-refractivity contribution is 6.22. The Hall–Kier alpha value is -5.18. The first-order valence-electron chi connectivity index (χ1n) is 12.7. The van der Waals surface area contributed by atoms with Gasteiger partial charge in [0.1, 0.15) is 0 Å². The zero-order chi connectivity index (χ0) is 28.4. The van der Waals surface area contributed by atoms with Gasteiger partial charge in [0, 0.05) is 55.0 Å². The Balaban J connectivity index is 1.56. The van der Waals surface area contributed by atoms with E-state index < -0.39 is 5.97 Å². The Morgan fingerprint density at radius 2 is 1.73 bits per heavy atom. The van der Waals surface area contributed by atoms with E-state index in [2.05, 4.69) is 4.98 Å². The molecular formula is C31H28N4O5. The number of esters is 1. The van der Waals surface area contributed by atoms with Gasteiger partial charge in [-0.05, 0) is 36.4 Å². The number of nitrogens with one attached hydrogen (secondary N) is 1. The Kier molecular flexibility index (Phi) is 7.20. The van der Waals surface area contributed by atoms with Gasteiger partial charge < -0.3 is 19.7 Å². The van der Waals surface area contributed by atoms with Crippen LogP contribution in [0, 0.1) is 0 Å². The van der Waals surface area contributed by atoms with Crippen molar-refractivity contribution in [1.29, 1.82) is 0 Å². The van der Waals surface area contributed by atoms with Gasteiger partial charge in [-0.1, -0.05) is 36.4 Å². The molecule has 0 aliphatic rings. The Morgan fingerprint density at radius 1 is 0.950 bits per heavy atom. The van der Waals surface area contributed by atoms with Crippen LogP contribution in [-0.4, -0.2) is 64.3 Å². The number of methoxy groups -OCH3 is 1. The molecular weight excluding hydrogens is 508 g/mol. The van der Waals surface area contributed by atoms with Gasteiger partial charge in [0.15, 0.2) is 5.88 Å². The summed E-state index contributed by atoms with van der Waals surface area (Å²) in [5.74, 6) is -0.819. The summed E-state index contributed by atoms with van der Waals surface area (Å²) in [6, 6.07) is 21.8. The molecule has 3 aromatic carbocycles. The molecule has 0 atom stereocenters. The standard InChI is InChI=1S/C31H28N4O5/c1-34(2)26(36)13-14-27(37)35-16-15-20-17-22(10-12-25(20)35)32-29(19-7-5-4-6-8-19)28-23-11-9-21(31(39)40-3)18-24(23)33-30(28)38/h4-12,15-18,33,38H,13-14H2,1-3H3. The highest BCUT2D eigenvalue weighted by atomic mass is 16.5. The van der Waals surface area contributed by atoms with E-state index in [-0.39, 0.29) is 30.5 Å². The third-order valence-electron chi connectivity index (χ3n) is 6.72. The first kappa shape index (κ1) is 26.4. The van der Waals surface area contributed by atoms with E-state index in [1.54, 1.807) is 49.1 Å². The first-order chi connectivity index (χ1) is 19.3. The number of aromatic hydroxyl groups is 1. The van der Waals surface area contributed by atoms with Crippen LogP contribution in [0.2, 0.25) is 0 Å². The van der Waals surface area contributed by atoms with Gasteiger partial charge >= 0.3 is 5.97 Å². The molecule has 2 heterocycles. The first-order valence-corrected chi connectivity index (χ1v) is 12.7. The van der Waals surface area contributed by atoms with Crippen molar-refractivity contribution in [1.82, 2.24) is 14.5 Å². The molecule has 0 aliphatic heterocycles. The molecule has 5 aromatic rings. The molecule has 40 heavy (non-hydrogen) atoms. The zero-order valence-electron chi connectivity index (χ0n) is 22.3. The Bertz CT molecular complexity index is 1780. The summed E-state index contributed by atoms with van der Waals surface area (Å²) in [6.45, 7) is 0. The van der Waals surface area contributed by atoms with E-state index >= 15 is 0 Å². The number of benzene rings is 3. The van der Waals surface area contributed by atoms with Crippen LogP contribution in [0.3, 0.4) is 0 Å². The lowest BCUT2D eigenvalue weighted by Crippen LogP contribution is -2.23. The maximum absolute atomic E-state index is 12.8. The topological polar surface area (TPSA) is 117 Å². The van der Waals surface area contributed by atoms with Crippen molar-refractivity contribution < 1.29 is 24.2 Å². The van der Waals surface area contributed by atoms with Gasteiger partial charge in [-0.3, -0.25) is 14.2 Å². The van der Waals surface area contributed by atoms with Crippen LogP contribution in [0.25, 0.3) is 21.8 Å². The van der Waals surface area contributed by atoms with Crippen LogP contribution >= 0.6 is 0 Å². The maximum atomic E-state index is 12.8. The number of aromatic amines is 1. The van der Waals surface area contributed by atoms with Gasteiger partial charge in [0.25, 0.3) is 0 Å².